The molecule has 0 atom stereocenters. The van der Waals surface area contributed by atoms with Gasteiger partial charge in [0.25, 0.3) is 0 Å². The van der Waals surface area contributed by atoms with Gasteiger partial charge in [0.15, 0.2) is 0 Å². The highest BCUT2D eigenvalue weighted by Gasteiger charge is 2.06. The molecule has 0 aromatic heterocycles. The van der Waals surface area contributed by atoms with E-state index < -0.39 is 0 Å². The van der Waals surface area contributed by atoms with Crippen LogP contribution in [-0.2, 0) is 0 Å². The van der Waals surface area contributed by atoms with Gasteiger partial charge >= 0.3 is 0 Å². The summed E-state index contributed by atoms with van der Waals surface area (Å²) in [6, 6.07) is 0. The molecule has 0 aliphatic heterocycles. The highest BCUT2D eigenvalue weighted by atomic mass is 35.5. The summed E-state index contributed by atoms with van der Waals surface area (Å²) in [5.41, 5.74) is 6.06. The molecule has 0 aromatic rings. The number of allylic oxidation sites excluding steroid dienone is 1. The SMILES string of the molecule is CN=C(/C(Cl)=C\N)C(C)C. The Morgan fingerprint density at radius 3 is 2.20 bits per heavy atom. The first-order valence-electron chi connectivity index (χ1n) is 3.18. The molecule has 0 unspecified atom stereocenters. The van der Waals surface area contributed by atoms with Gasteiger partial charge in [-0.3, -0.25) is 4.99 Å². The fraction of sp³-hybridized carbons (Fsp3) is 0.571. The highest BCUT2D eigenvalue weighted by molar-refractivity contribution is 6.43. The molecule has 0 aliphatic carbocycles. The maximum Gasteiger partial charge on any atom is 0.0773 e. The molecule has 0 aromatic carbocycles. The van der Waals surface area contributed by atoms with Crippen LogP contribution >= 0.6 is 11.6 Å². The van der Waals surface area contributed by atoms with Gasteiger partial charge in [0.1, 0.15) is 0 Å². The maximum absolute atomic E-state index is 5.73. The molecule has 10 heavy (non-hydrogen) atoms. The van der Waals surface area contributed by atoms with E-state index in [1.54, 1.807) is 7.05 Å². The van der Waals surface area contributed by atoms with E-state index in [1.165, 1.54) is 6.20 Å². The normalized spacial score (nSPS) is 14.5. The Balaban J connectivity index is 4.39. The van der Waals surface area contributed by atoms with Crippen LogP contribution in [0.3, 0.4) is 0 Å². The Hall–Kier alpha value is -0.500. The molecule has 2 nitrogen and oxygen atoms in total. The highest BCUT2D eigenvalue weighted by Crippen LogP contribution is 2.10. The predicted molar refractivity (Wildman–Crippen MR) is 46.3 cm³/mol. The van der Waals surface area contributed by atoms with E-state index in [4.69, 9.17) is 17.3 Å². The van der Waals surface area contributed by atoms with Gasteiger partial charge in [-0.15, -0.1) is 0 Å². The summed E-state index contributed by atoms with van der Waals surface area (Å²) in [5.74, 6) is 0.331. The lowest BCUT2D eigenvalue weighted by atomic mass is 10.1. The van der Waals surface area contributed by atoms with Crippen molar-refractivity contribution in [2.45, 2.75) is 13.8 Å². The summed E-state index contributed by atoms with van der Waals surface area (Å²) >= 11 is 5.73. The summed E-state index contributed by atoms with van der Waals surface area (Å²) in [4.78, 5) is 3.99. The summed E-state index contributed by atoms with van der Waals surface area (Å²) in [6.07, 6.45) is 1.36. The third-order valence-corrected chi connectivity index (χ3v) is 1.50. The third-order valence-electron chi connectivity index (χ3n) is 1.18. The monoisotopic (exact) mass is 160 g/mol. The van der Waals surface area contributed by atoms with Crippen LogP contribution in [-0.4, -0.2) is 12.8 Å². The molecule has 0 aliphatic rings. The molecule has 0 saturated heterocycles. The fourth-order valence-corrected chi connectivity index (χ4v) is 1.03. The van der Waals surface area contributed by atoms with Gasteiger partial charge in [-0.1, -0.05) is 25.4 Å². The van der Waals surface area contributed by atoms with Crippen LogP contribution < -0.4 is 5.73 Å². The van der Waals surface area contributed by atoms with Crippen LogP contribution in [0.1, 0.15) is 13.8 Å². The summed E-state index contributed by atoms with van der Waals surface area (Å²) in [6.45, 7) is 4.04. The minimum absolute atomic E-state index is 0.331. The quantitative estimate of drug-likeness (QED) is 0.615. The van der Waals surface area contributed by atoms with Crippen LogP contribution in [0.25, 0.3) is 0 Å². The van der Waals surface area contributed by atoms with Crippen molar-refractivity contribution >= 4 is 17.3 Å². The van der Waals surface area contributed by atoms with Crippen molar-refractivity contribution in [3.63, 3.8) is 0 Å². The zero-order valence-corrected chi connectivity index (χ0v) is 7.31. The number of halogens is 1. The average Bonchev–Trinajstić information content (AvgIpc) is 1.88. The van der Waals surface area contributed by atoms with E-state index in [-0.39, 0.29) is 0 Å². The van der Waals surface area contributed by atoms with Crippen LogP contribution in [0.5, 0.6) is 0 Å². The fourth-order valence-electron chi connectivity index (χ4n) is 0.726. The Morgan fingerprint density at radius 1 is 1.60 bits per heavy atom. The van der Waals surface area contributed by atoms with E-state index >= 15 is 0 Å². The Kier molecular flexibility index (Phi) is 4.12. The molecule has 0 fully saturated rings. The van der Waals surface area contributed by atoms with Crippen molar-refractivity contribution in [3.05, 3.63) is 11.2 Å². The smallest absolute Gasteiger partial charge is 0.0773 e. The zero-order valence-electron chi connectivity index (χ0n) is 6.56. The Bertz CT molecular complexity index is 159. The van der Waals surface area contributed by atoms with E-state index in [2.05, 4.69) is 4.99 Å². The first-order chi connectivity index (χ1) is 4.63. The van der Waals surface area contributed by atoms with E-state index in [1.807, 2.05) is 13.8 Å². The first-order valence-corrected chi connectivity index (χ1v) is 3.55. The van der Waals surface area contributed by atoms with Crippen molar-refractivity contribution in [2.24, 2.45) is 16.6 Å². The van der Waals surface area contributed by atoms with Gasteiger partial charge in [-0.05, 0) is 5.92 Å². The van der Waals surface area contributed by atoms with Gasteiger partial charge in [0.2, 0.25) is 0 Å². The van der Waals surface area contributed by atoms with Gasteiger partial charge in [0.05, 0.1) is 10.7 Å². The van der Waals surface area contributed by atoms with Gasteiger partial charge in [-0.25, -0.2) is 0 Å². The predicted octanol–water partition coefficient (Wildman–Crippen LogP) is 1.75. The molecular weight excluding hydrogens is 148 g/mol. The molecule has 0 saturated carbocycles. The number of rotatable bonds is 2. The molecule has 0 amide bonds. The molecule has 3 heteroatoms. The number of nitrogens with two attached hydrogens (primary N) is 1. The zero-order chi connectivity index (χ0) is 8.15. The summed E-state index contributed by atoms with van der Waals surface area (Å²) in [5, 5.41) is 0.539. The number of aliphatic imine (C=N–C) groups is 1. The van der Waals surface area contributed by atoms with Crippen LogP contribution in [0, 0.1) is 5.92 Å². The van der Waals surface area contributed by atoms with Crippen molar-refractivity contribution in [2.75, 3.05) is 7.05 Å². The Morgan fingerprint density at radius 2 is 2.10 bits per heavy atom. The lowest BCUT2D eigenvalue weighted by Gasteiger charge is -2.06. The van der Waals surface area contributed by atoms with Gasteiger partial charge in [0, 0.05) is 13.2 Å². The van der Waals surface area contributed by atoms with Crippen molar-refractivity contribution < 1.29 is 0 Å². The average molecular weight is 161 g/mol. The third kappa shape index (κ3) is 2.40. The van der Waals surface area contributed by atoms with Gasteiger partial charge in [-0.2, -0.15) is 0 Å². The summed E-state index contributed by atoms with van der Waals surface area (Å²) < 4.78 is 0. The van der Waals surface area contributed by atoms with Crippen molar-refractivity contribution in [1.29, 1.82) is 0 Å². The second kappa shape index (κ2) is 4.34. The molecule has 0 radical (unpaired) electrons. The van der Waals surface area contributed by atoms with E-state index in [0.717, 1.165) is 5.71 Å². The van der Waals surface area contributed by atoms with E-state index in [0.29, 0.717) is 11.0 Å². The second-order valence-corrected chi connectivity index (χ2v) is 2.69. The molecule has 0 spiro atoms. The molecular formula is C7H13ClN2. The van der Waals surface area contributed by atoms with Gasteiger partial charge < -0.3 is 5.73 Å². The topological polar surface area (TPSA) is 38.4 Å². The Labute approximate surface area is 66.8 Å². The number of hydrogen-bond donors (Lipinski definition) is 1. The van der Waals surface area contributed by atoms with Crippen LogP contribution in [0.2, 0.25) is 0 Å². The van der Waals surface area contributed by atoms with Crippen molar-refractivity contribution in [1.82, 2.24) is 0 Å². The molecule has 0 heterocycles. The minimum Gasteiger partial charge on any atom is -0.403 e. The van der Waals surface area contributed by atoms with E-state index in [9.17, 15) is 0 Å². The molecule has 0 rings (SSSR count). The molecule has 0 bridgehead atoms. The maximum atomic E-state index is 5.73. The minimum atomic E-state index is 0.331. The number of nitrogens with zero attached hydrogens (tertiary/aromatic N) is 1. The first kappa shape index (κ1) is 9.50. The largest absolute Gasteiger partial charge is 0.403 e. The van der Waals surface area contributed by atoms with Crippen LogP contribution in [0.4, 0.5) is 0 Å². The molecule has 2 N–H and O–H groups in total. The lowest BCUT2D eigenvalue weighted by Crippen LogP contribution is -2.08. The molecule has 58 valence electrons. The second-order valence-electron chi connectivity index (χ2n) is 2.28. The van der Waals surface area contributed by atoms with Crippen molar-refractivity contribution in [3.8, 4) is 0 Å². The summed E-state index contributed by atoms with van der Waals surface area (Å²) in [7, 11) is 1.71. The van der Waals surface area contributed by atoms with Crippen LogP contribution in [0.15, 0.2) is 16.2 Å². The number of hydrogen-bond acceptors (Lipinski definition) is 2. The lowest BCUT2D eigenvalue weighted by molar-refractivity contribution is 0.884. The standard InChI is InChI=1S/C7H13ClN2/c1-5(2)7(10-3)6(8)4-9/h4-5H,9H2,1-3H3/b6-4+,10-7?.